The molecule has 0 fully saturated rings. The van der Waals surface area contributed by atoms with Gasteiger partial charge in [0, 0.05) is 38.4 Å². The van der Waals surface area contributed by atoms with Gasteiger partial charge in [-0.2, -0.15) is 13.2 Å². The van der Waals surface area contributed by atoms with Crippen LogP contribution in [0.2, 0.25) is 0 Å². The molecule has 0 saturated heterocycles. The molecule has 0 aliphatic rings. The van der Waals surface area contributed by atoms with Gasteiger partial charge in [0.25, 0.3) is 0 Å². The fourth-order valence-electron chi connectivity index (χ4n) is 2.34. The Bertz CT molecular complexity index is 668. The zero-order chi connectivity index (χ0) is 17.3. The molecule has 0 amide bonds. The molecule has 0 aliphatic heterocycles. The molecular formula is C13H15F3N4O3. The van der Waals surface area contributed by atoms with Gasteiger partial charge in [0.15, 0.2) is 5.82 Å². The van der Waals surface area contributed by atoms with Gasteiger partial charge in [0.1, 0.15) is 5.92 Å². The second-order valence-corrected chi connectivity index (χ2v) is 4.96. The maximum Gasteiger partial charge on any atom is 0.425 e. The van der Waals surface area contributed by atoms with Crippen molar-refractivity contribution in [2.45, 2.75) is 18.3 Å². The van der Waals surface area contributed by atoms with Crippen LogP contribution >= 0.6 is 0 Å². The number of rotatable bonds is 5. The fourth-order valence-corrected chi connectivity index (χ4v) is 2.34. The normalized spacial score (nSPS) is 15.9. The Hall–Kier alpha value is -2.36. The molecule has 2 heterocycles. The van der Waals surface area contributed by atoms with Gasteiger partial charge in [-0.1, -0.05) is 0 Å². The summed E-state index contributed by atoms with van der Waals surface area (Å²) < 4.78 is 47.8. The van der Waals surface area contributed by atoms with Gasteiger partial charge >= 0.3 is 12.1 Å². The van der Waals surface area contributed by atoms with E-state index in [9.17, 15) is 23.1 Å². The molecule has 2 aromatic rings. The van der Waals surface area contributed by atoms with E-state index in [1.807, 2.05) is 0 Å². The highest BCUT2D eigenvalue weighted by atomic mass is 19.4. The van der Waals surface area contributed by atoms with E-state index in [1.165, 1.54) is 36.5 Å². The Morgan fingerprint density at radius 3 is 2.52 bits per heavy atom. The summed E-state index contributed by atoms with van der Waals surface area (Å²) in [4.78, 5) is 19.3. The van der Waals surface area contributed by atoms with Crippen LogP contribution in [0.1, 0.15) is 5.82 Å². The summed E-state index contributed by atoms with van der Waals surface area (Å²) in [5.74, 6) is -3.86. The van der Waals surface area contributed by atoms with Gasteiger partial charge in [0.2, 0.25) is 5.60 Å². The van der Waals surface area contributed by atoms with E-state index in [1.54, 1.807) is 0 Å². The number of ether oxygens (including phenoxy) is 1. The second-order valence-electron chi connectivity index (χ2n) is 4.96. The van der Waals surface area contributed by atoms with Crippen LogP contribution < -0.4 is 0 Å². The topological polar surface area (TPSA) is 82.2 Å². The zero-order valence-electron chi connectivity index (χ0n) is 12.4. The summed E-state index contributed by atoms with van der Waals surface area (Å²) in [6, 6.07) is 0. The molecule has 0 aromatic carbocycles. The summed E-state index contributed by atoms with van der Waals surface area (Å²) >= 11 is 0. The fraction of sp³-hybridized carbons (Fsp3) is 0.462. The maximum absolute atomic E-state index is 13.7. The average Bonchev–Trinajstić information content (AvgIpc) is 3.13. The van der Waals surface area contributed by atoms with Gasteiger partial charge < -0.3 is 19.0 Å². The Kier molecular flexibility index (Phi) is 4.46. The van der Waals surface area contributed by atoms with E-state index in [2.05, 4.69) is 14.7 Å². The number of imidazole rings is 2. The van der Waals surface area contributed by atoms with Crippen LogP contribution in [0.4, 0.5) is 13.2 Å². The first-order valence-electron chi connectivity index (χ1n) is 6.52. The van der Waals surface area contributed by atoms with E-state index in [-0.39, 0.29) is 0 Å². The molecule has 0 unspecified atom stereocenters. The minimum atomic E-state index is -5.15. The van der Waals surface area contributed by atoms with Gasteiger partial charge in [-0.25, -0.2) is 9.97 Å². The molecule has 10 heteroatoms. The summed E-state index contributed by atoms with van der Waals surface area (Å²) in [6.45, 7) is -0.477. The third kappa shape index (κ3) is 2.93. The largest absolute Gasteiger partial charge is 0.469 e. The van der Waals surface area contributed by atoms with Crippen LogP contribution in [0.3, 0.4) is 0 Å². The standard InChI is InChI=1S/C13H15F3N4O3/c1-19-5-4-18-11(19)12(22,13(14,15)16)9(10(21)23-2)7-20-6-3-17-8-20/h3-6,8-9,22H,7H2,1-2H3/t9-,12+/m0/s1. The number of alkyl halides is 3. The third-order valence-corrected chi connectivity index (χ3v) is 3.54. The molecule has 126 valence electrons. The zero-order valence-corrected chi connectivity index (χ0v) is 12.4. The van der Waals surface area contributed by atoms with Gasteiger partial charge in [-0.3, -0.25) is 4.79 Å². The minimum Gasteiger partial charge on any atom is -0.469 e. The predicted molar refractivity (Wildman–Crippen MR) is 70.9 cm³/mol. The van der Waals surface area contributed by atoms with Gasteiger partial charge in [-0.15, -0.1) is 0 Å². The van der Waals surface area contributed by atoms with E-state index in [4.69, 9.17) is 0 Å². The number of hydrogen-bond acceptors (Lipinski definition) is 5. The Balaban J connectivity index is 2.57. The molecule has 0 aliphatic carbocycles. The van der Waals surface area contributed by atoms with E-state index >= 15 is 0 Å². The molecule has 0 spiro atoms. The van der Waals surface area contributed by atoms with Crippen molar-refractivity contribution >= 4 is 5.97 Å². The lowest BCUT2D eigenvalue weighted by Gasteiger charge is -2.35. The van der Waals surface area contributed by atoms with Gasteiger partial charge in [0.05, 0.1) is 13.4 Å². The Morgan fingerprint density at radius 1 is 1.39 bits per heavy atom. The average molecular weight is 332 g/mol. The number of methoxy groups -OCH3 is 1. The minimum absolute atomic E-state index is 0.477. The molecule has 0 saturated carbocycles. The van der Waals surface area contributed by atoms with Crippen LogP contribution in [-0.2, 0) is 28.7 Å². The summed E-state index contributed by atoms with van der Waals surface area (Å²) in [5.41, 5.74) is -3.51. The van der Waals surface area contributed by atoms with E-state index < -0.39 is 36.0 Å². The number of carbonyl (C=O) groups is 1. The Labute approximate surface area is 129 Å². The second kappa shape index (κ2) is 6.03. The number of nitrogens with zero attached hydrogens (tertiary/aromatic N) is 4. The molecule has 23 heavy (non-hydrogen) atoms. The van der Waals surface area contributed by atoms with Crippen molar-refractivity contribution in [2.75, 3.05) is 7.11 Å². The van der Waals surface area contributed by atoms with Crippen LogP contribution in [0.15, 0.2) is 31.1 Å². The number of aryl methyl sites for hydroxylation is 1. The third-order valence-electron chi connectivity index (χ3n) is 3.54. The highest BCUT2D eigenvalue weighted by molar-refractivity contribution is 5.74. The van der Waals surface area contributed by atoms with E-state index in [0.29, 0.717) is 0 Å². The Morgan fingerprint density at radius 2 is 2.09 bits per heavy atom. The van der Waals surface area contributed by atoms with Crippen LogP contribution in [-0.4, -0.2) is 43.5 Å². The lowest BCUT2D eigenvalue weighted by molar-refractivity contribution is -0.291. The molecule has 2 atom stereocenters. The van der Waals surface area contributed by atoms with Crippen molar-refractivity contribution in [3.8, 4) is 0 Å². The first-order valence-corrected chi connectivity index (χ1v) is 6.52. The first-order chi connectivity index (χ1) is 10.7. The van der Waals surface area contributed by atoms with Crippen molar-refractivity contribution in [1.82, 2.24) is 19.1 Å². The molecule has 1 N–H and O–H groups in total. The van der Waals surface area contributed by atoms with Crippen molar-refractivity contribution in [3.63, 3.8) is 0 Å². The lowest BCUT2D eigenvalue weighted by atomic mass is 9.85. The number of aliphatic hydroxyl groups is 1. The first kappa shape index (κ1) is 17.0. The summed E-state index contributed by atoms with van der Waals surface area (Å²) in [6.07, 6.45) is 1.18. The van der Waals surface area contributed by atoms with Crippen LogP contribution in [0, 0.1) is 5.92 Å². The highest BCUT2D eigenvalue weighted by Crippen LogP contribution is 2.44. The quantitative estimate of drug-likeness (QED) is 0.821. The maximum atomic E-state index is 13.7. The summed E-state index contributed by atoms with van der Waals surface area (Å²) in [7, 11) is 2.25. The monoisotopic (exact) mass is 332 g/mol. The molecule has 0 radical (unpaired) electrons. The number of halogens is 3. The number of hydrogen-bond donors (Lipinski definition) is 1. The number of esters is 1. The van der Waals surface area contributed by atoms with Crippen LogP contribution in [0.25, 0.3) is 0 Å². The smallest absolute Gasteiger partial charge is 0.425 e. The molecule has 0 bridgehead atoms. The molecular weight excluding hydrogens is 317 g/mol. The van der Waals surface area contributed by atoms with Crippen molar-refractivity contribution in [3.05, 3.63) is 36.9 Å². The number of carbonyl (C=O) groups excluding carboxylic acids is 1. The predicted octanol–water partition coefficient (Wildman–Crippen LogP) is 0.856. The lowest BCUT2D eigenvalue weighted by Crippen LogP contribution is -2.54. The van der Waals surface area contributed by atoms with Crippen molar-refractivity contribution in [2.24, 2.45) is 13.0 Å². The van der Waals surface area contributed by atoms with Crippen molar-refractivity contribution in [1.29, 1.82) is 0 Å². The summed E-state index contributed by atoms with van der Waals surface area (Å²) in [5, 5.41) is 10.5. The highest BCUT2D eigenvalue weighted by Gasteiger charge is 2.64. The van der Waals surface area contributed by atoms with Gasteiger partial charge in [-0.05, 0) is 0 Å². The van der Waals surface area contributed by atoms with E-state index in [0.717, 1.165) is 17.9 Å². The SMILES string of the molecule is COC(=O)[C@H](Cn1ccnc1)[C@@](O)(c1nccn1C)C(F)(F)F. The number of aromatic nitrogens is 4. The van der Waals surface area contributed by atoms with Crippen LogP contribution in [0.5, 0.6) is 0 Å². The van der Waals surface area contributed by atoms with Crippen molar-refractivity contribution < 1.29 is 27.8 Å². The molecule has 2 aromatic heterocycles. The molecule has 2 rings (SSSR count). The molecule has 7 nitrogen and oxygen atoms in total.